The van der Waals surface area contributed by atoms with Crippen molar-refractivity contribution in [2.24, 2.45) is 0 Å². The van der Waals surface area contributed by atoms with E-state index in [0.29, 0.717) is 22.9 Å². The number of anilines is 2. The standard InChI is InChI=1S/C21H20ClN7O2/c1-27(2)17-8-6-16(7-9-17)24-18(30)12-28-13-23-20-19(21(28)31)25-26-29(20)11-14-4-3-5-15(22)10-14/h3-10,13H,11-12H2,1-2H3,(H,24,30). The van der Waals surface area contributed by atoms with E-state index in [-0.39, 0.29) is 18.0 Å². The first kappa shape index (κ1) is 20.5. The second-order valence-electron chi connectivity index (χ2n) is 7.22. The van der Waals surface area contributed by atoms with Crippen LogP contribution in [0.2, 0.25) is 5.02 Å². The molecule has 4 aromatic rings. The third kappa shape index (κ3) is 4.56. The largest absolute Gasteiger partial charge is 0.378 e. The molecule has 0 radical (unpaired) electrons. The number of amides is 1. The molecular formula is C21H20ClN7O2. The molecule has 4 rings (SSSR count). The Morgan fingerprint density at radius 1 is 1.16 bits per heavy atom. The predicted octanol–water partition coefficient (Wildman–Crippen LogP) is 2.39. The molecule has 2 heterocycles. The Kier molecular flexibility index (Phi) is 5.68. The zero-order chi connectivity index (χ0) is 22.0. The SMILES string of the molecule is CN(C)c1ccc(NC(=O)Cn2cnc3c(nnn3Cc3cccc(Cl)c3)c2=O)cc1. The molecule has 0 bridgehead atoms. The van der Waals surface area contributed by atoms with Crippen LogP contribution in [-0.2, 0) is 17.9 Å². The van der Waals surface area contributed by atoms with Crippen LogP contribution in [0.3, 0.4) is 0 Å². The second-order valence-corrected chi connectivity index (χ2v) is 7.65. The van der Waals surface area contributed by atoms with Crippen molar-refractivity contribution in [1.29, 1.82) is 0 Å². The molecule has 158 valence electrons. The van der Waals surface area contributed by atoms with Gasteiger partial charge >= 0.3 is 0 Å². The minimum absolute atomic E-state index is 0.104. The fourth-order valence-corrected chi connectivity index (χ4v) is 3.33. The molecule has 0 spiro atoms. The minimum Gasteiger partial charge on any atom is -0.378 e. The first-order chi connectivity index (χ1) is 14.9. The van der Waals surface area contributed by atoms with Gasteiger partial charge in [0.2, 0.25) is 5.91 Å². The lowest BCUT2D eigenvalue weighted by molar-refractivity contribution is -0.116. The molecule has 1 N–H and O–H groups in total. The van der Waals surface area contributed by atoms with Gasteiger partial charge in [-0.25, -0.2) is 9.67 Å². The smallest absolute Gasteiger partial charge is 0.283 e. The molecule has 2 aromatic heterocycles. The molecule has 0 aliphatic heterocycles. The average Bonchev–Trinajstić information content (AvgIpc) is 3.14. The normalized spacial score (nSPS) is 10.9. The van der Waals surface area contributed by atoms with E-state index in [1.165, 1.54) is 15.6 Å². The number of carbonyl (C=O) groups excluding carboxylic acids is 1. The highest BCUT2D eigenvalue weighted by Gasteiger charge is 2.14. The summed E-state index contributed by atoms with van der Waals surface area (Å²) in [4.78, 5) is 31.4. The number of rotatable bonds is 6. The van der Waals surface area contributed by atoms with Crippen LogP contribution in [0.25, 0.3) is 11.2 Å². The first-order valence-electron chi connectivity index (χ1n) is 9.51. The van der Waals surface area contributed by atoms with Gasteiger partial charge in [-0.15, -0.1) is 5.10 Å². The van der Waals surface area contributed by atoms with Gasteiger partial charge in [-0.05, 0) is 42.0 Å². The van der Waals surface area contributed by atoms with Gasteiger partial charge in [0, 0.05) is 30.5 Å². The topological polar surface area (TPSA) is 97.9 Å². The predicted molar refractivity (Wildman–Crippen MR) is 120 cm³/mol. The van der Waals surface area contributed by atoms with Crippen LogP contribution in [-0.4, -0.2) is 44.5 Å². The zero-order valence-corrected chi connectivity index (χ0v) is 17.7. The molecule has 1 amide bonds. The number of carbonyl (C=O) groups is 1. The molecule has 0 aliphatic rings. The molecule has 10 heteroatoms. The summed E-state index contributed by atoms with van der Waals surface area (Å²) in [6, 6.07) is 14.7. The molecule has 2 aromatic carbocycles. The van der Waals surface area contributed by atoms with Gasteiger partial charge in [0.1, 0.15) is 12.9 Å². The van der Waals surface area contributed by atoms with Crippen molar-refractivity contribution in [2.45, 2.75) is 13.1 Å². The summed E-state index contributed by atoms with van der Waals surface area (Å²) in [6.07, 6.45) is 1.33. The summed E-state index contributed by atoms with van der Waals surface area (Å²) in [7, 11) is 3.88. The van der Waals surface area contributed by atoms with E-state index in [2.05, 4.69) is 20.6 Å². The van der Waals surface area contributed by atoms with E-state index in [1.54, 1.807) is 18.2 Å². The van der Waals surface area contributed by atoms with Gasteiger partial charge in [-0.3, -0.25) is 14.2 Å². The number of fused-ring (bicyclic) bond motifs is 1. The lowest BCUT2D eigenvalue weighted by Crippen LogP contribution is -2.28. The van der Waals surface area contributed by atoms with Gasteiger partial charge in [0.05, 0.1) is 6.54 Å². The van der Waals surface area contributed by atoms with Crippen LogP contribution in [0.5, 0.6) is 0 Å². The first-order valence-corrected chi connectivity index (χ1v) is 9.89. The maximum atomic E-state index is 12.8. The van der Waals surface area contributed by atoms with E-state index in [0.717, 1.165) is 11.3 Å². The van der Waals surface area contributed by atoms with Gasteiger partial charge in [-0.2, -0.15) is 0 Å². The fraction of sp³-hybridized carbons (Fsp3) is 0.190. The third-order valence-electron chi connectivity index (χ3n) is 4.69. The number of halogens is 1. The summed E-state index contributed by atoms with van der Waals surface area (Å²) in [5, 5.41) is 11.4. The Labute approximate surface area is 182 Å². The number of hydrogen-bond donors (Lipinski definition) is 1. The van der Waals surface area contributed by atoms with Gasteiger partial charge in [-0.1, -0.05) is 28.9 Å². The summed E-state index contributed by atoms with van der Waals surface area (Å²) in [6.45, 7) is 0.190. The summed E-state index contributed by atoms with van der Waals surface area (Å²) < 4.78 is 2.74. The van der Waals surface area contributed by atoms with Gasteiger partial charge in [0.15, 0.2) is 11.2 Å². The number of nitrogens with zero attached hydrogens (tertiary/aromatic N) is 6. The lowest BCUT2D eigenvalue weighted by atomic mass is 10.2. The molecule has 9 nitrogen and oxygen atoms in total. The Morgan fingerprint density at radius 2 is 1.94 bits per heavy atom. The van der Waals surface area contributed by atoms with Gasteiger partial charge < -0.3 is 10.2 Å². The monoisotopic (exact) mass is 437 g/mol. The zero-order valence-electron chi connectivity index (χ0n) is 17.0. The quantitative estimate of drug-likeness (QED) is 0.497. The highest BCUT2D eigenvalue weighted by molar-refractivity contribution is 6.30. The lowest BCUT2D eigenvalue weighted by Gasteiger charge is -2.13. The Bertz CT molecular complexity index is 1300. The maximum Gasteiger partial charge on any atom is 0.283 e. The Balaban J connectivity index is 1.50. The number of nitrogens with one attached hydrogen (secondary N) is 1. The number of benzene rings is 2. The Hall–Kier alpha value is -3.72. The molecule has 0 fully saturated rings. The van der Waals surface area contributed by atoms with Crippen LogP contribution in [0.4, 0.5) is 11.4 Å². The molecule has 0 unspecified atom stereocenters. The molecule has 31 heavy (non-hydrogen) atoms. The van der Waals surface area contributed by atoms with Crippen LogP contribution < -0.4 is 15.8 Å². The highest BCUT2D eigenvalue weighted by atomic mass is 35.5. The van der Waals surface area contributed by atoms with Crippen LogP contribution in [0.15, 0.2) is 59.7 Å². The summed E-state index contributed by atoms with van der Waals surface area (Å²) in [5.74, 6) is -0.341. The molecule has 0 atom stereocenters. The van der Waals surface area contributed by atoms with Crippen molar-refractivity contribution in [3.63, 3.8) is 0 Å². The molecule has 0 aliphatic carbocycles. The fourth-order valence-electron chi connectivity index (χ4n) is 3.11. The van der Waals surface area contributed by atoms with E-state index in [1.807, 2.05) is 49.3 Å². The summed E-state index contributed by atoms with van der Waals surface area (Å²) >= 11 is 6.02. The van der Waals surface area contributed by atoms with Crippen molar-refractivity contribution in [3.8, 4) is 0 Å². The van der Waals surface area contributed by atoms with Crippen molar-refractivity contribution in [2.75, 3.05) is 24.3 Å². The van der Waals surface area contributed by atoms with E-state index >= 15 is 0 Å². The van der Waals surface area contributed by atoms with Crippen molar-refractivity contribution in [1.82, 2.24) is 24.5 Å². The number of aromatic nitrogens is 5. The van der Waals surface area contributed by atoms with Crippen molar-refractivity contribution >= 4 is 40.0 Å². The minimum atomic E-state index is -0.430. The maximum absolute atomic E-state index is 12.8. The van der Waals surface area contributed by atoms with Crippen molar-refractivity contribution in [3.05, 3.63) is 75.8 Å². The van der Waals surface area contributed by atoms with Gasteiger partial charge in [0.25, 0.3) is 5.56 Å². The van der Waals surface area contributed by atoms with Crippen LogP contribution >= 0.6 is 11.6 Å². The van der Waals surface area contributed by atoms with Crippen molar-refractivity contribution < 1.29 is 4.79 Å². The summed E-state index contributed by atoms with van der Waals surface area (Å²) in [5.41, 5.74) is 2.59. The van der Waals surface area contributed by atoms with E-state index < -0.39 is 5.56 Å². The van der Waals surface area contributed by atoms with E-state index in [4.69, 9.17) is 11.6 Å². The molecule has 0 saturated heterocycles. The molecular weight excluding hydrogens is 418 g/mol. The average molecular weight is 438 g/mol. The second kappa shape index (κ2) is 8.57. The van der Waals surface area contributed by atoms with Crippen LogP contribution in [0, 0.1) is 0 Å². The number of hydrogen-bond acceptors (Lipinski definition) is 6. The Morgan fingerprint density at radius 3 is 2.65 bits per heavy atom. The highest BCUT2D eigenvalue weighted by Crippen LogP contribution is 2.16. The third-order valence-corrected chi connectivity index (χ3v) is 4.93. The van der Waals surface area contributed by atoms with Crippen LogP contribution in [0.1, 0.15) is 5.56 Å². The van der Waals surface area contributed by atoms with E-state index in [9.17, 15) is 9.59 Å². The molecule has 0 saturated carbocycles.